The number of amides is 2. The number of aromatic amines is 1. The van der Waals surface area contributed by atoms with Crippen molar-refractivity contribution >= 4 is 35.0 Å². The molecular weight excluding hydrogens is 346 g/mol. The first-order chi connectivity index (χ1) is 10.2. The molecule has 0 unspecified atom stereocenters. The van der Waals surface area contributed by atoms with E-state index in [0.29, 0.717) is 6.07 Å². The van der Waals surface area contributed by atoms with Crippen molar-refractivity contribution in [2.24, 2.45) is 0 Å². The van der Waals surface area contributed by atoms with Gasteiger partial charge in [0.1, 0.15) is 10.8 Å². The monoisotopic (exact) mass is 351 g/mol. The van der Waals surface area contributed by atoms with Gasteiger partial charge < -0.3 is 4.98 Å². The SMILES string of the molecule is O=C(NC(=O)c1cnccc1C(F)(F)F)c1cc(Cl)c(Cl)[nH]1. The van der Waals surface area contributed by atoms with Crippen molar-refractivity contribution in [2.75, 3.05) is 0 Å². The fraction of sp³-hybridized carbons (Fsp3) is 0.0833. The highest BCUT2D eigenvalue weighted by Gasteiger charge is 2.35. The third-order valence-corrected chi connectivity index (χ3v) is 3.26. The molecule has 22 heavy (non-hydrogen) atoms. The van der Waals surface area contributed by atoms with Gasteiger partial charge in [0.05, 0.1) is 16.1 Å². The van der Waals surface area contributed by atoms with Crippen LogP contribution in [-0.2, 0) is 6.18 Å². The standard InChI is InChI=1S/C12H6Cl2F3N3O2/c13-7-3-8(19-9(7)14)11(22)20-10(21)5-4-18-2-1-6(5)12(15,16)17/h1-4,19H,(H,20,21,22). The lowest BCUT2D eigenvalue weighted by Gasteiger charge is -2.11. The van der Waals surface area contributed by atoms with E-state index in [2.05, 4.69) is 9.97 Å². The van der Waals surface area contributed by atoms with E-state index in [-0.39, 0.29) is 15.9 Å². The minimum Gasteiger partial charge on any atom is -0.340 e. The molecule has 2 aromatic heterocycles. The average molecular weight is 352 g/mol. The predicted octanol–water partition coefficient (Wildman–Crippen LogP) is 3.31. The van der Waals surface area contributed by atoms with E-state index in [0.717, 1.165) is 18.5 Å². The minimum absolute atomic E-state index is 0.0309. The van der Waals surface area contributed by atoms with Gasteiger partial charge in [0.2, 0.25) is 0 Å². The van der Waals surface area contributed by atoms with Gasteiger partial charge in [-0.3, -0.25) is 19.9 Å². The Morgan fingerprint density at radius 2 is 1.91 bits per heavy atom. The molecule has 0 aliphatic carbocycles. The van der Waals surface area contributed by atoms with Gasteiger partial charge in [0, 0.05) is 12.4 Å². The molecule has 2 N–H and O–H groups in total. The van der Waals surface area contributed by atoms with Gasteiger partial charge in [-0.15, -0.1) is 0 Å². The maximum atomic E-state index is 12.8. The zero-order valence-corrected chi connectivity index (χ0v) is 12.0. The minimum atomic E-state index is -4.75. The summed E-state index contributed by atoms with van der Waals surface area (Å²) >= 11 is 11.2. The predicted molar refractivity (Wildman–Crippen MR) is 71.8 cm³/mol. The zero-order chi connectivity index (χ0) is 16.5. The summed E-state index contributed by atoms with van der Waals surface area (Å²) in [6.45, 7) is 0. The van der Waals surface area contributed by atoms with Crippen LogP contribution in [0.3, 0.4) is 0 Å². The summed E-state index contributed by atoms with van der Waals surface area (Å²) < 4.78 is 38.4. The topological polar surface area (TPSA) is 74.8 Å². The van der Waals surface area contributed by atoms with Crippen LogP contribution in [0.15, 0.2) is 24.5 Å². The van der Waals surface area contributed by atoms with Crippen LogP contribution < -0.4 is 5.32 Å². The number of hydrogen-bond donors (Lipinski definition) is 2. The van der Waals surface area contributed by atoms with Gasteiger partial charge >= 0.3 is 6.18 Å². The Kier molecular flexibility index (Phi) is 4.43. The van der Waals surface area contributed by atoms with Crippen LogP contribution in [0, 0.1) is 0 Å². The van der Waals surface area contributed by atoms with E-state index in [1.807, 2.05) is 0 Å². The van der Waals surface area contributed by atoms with Crippen LogP contribution in [0.4, 0.5) is 13.2 Å². The summed E-state index contributed by atoms with van der Waals surface area (Å²) in [5.41, 5.74) is -2.14. The summed E-state index contributed by atoms with van der Waals surface area (Å²) in [6.07, 6.45) is -3.14. The highest BCUT2D eigenvalue weighted by atomic mass is 35.5. The summed E-state index contributed by atoms with van der Waals surface area (Å²) in [4.78, 5) is 29.4. The van der Waals surface area contributed by atoms with Gasteiger partial charge in [-0.2, -0.15) is 13.2 Å². The van der Waals surface area contributed by atoms with Crippen molar-refractivity contribution < 1.29 is 22.8 Å². The van der Waals surface area contributed by atoms with E-state index in [1.165, 1.54) is 0 Å². The maximum Gasteiger partial charge on any atom is 0.417 e. The molecule has 5 nitrogen and oxygen atoms in total. The maximum absolute atomic E-state index is 12.8. The van der Waals surface area contributed by atoms with Crippen LogP contribution in [0.2, 0.25) is 10.2 Å². The van der Waals surface area contributed by atoms with Crippen LogP contribution in [0.25, 0.3) is 0 Å². The molecule has 0 radical (unpaired) electrons. The number of rotatable bonds is 2. The Labute approximate surface area is 131 Å². The molecule has 0 atom stereocenters. The van der Waals surface area contributed by atoms with Crippen molar-refractivity contribution in [1.82, 2.24) is 15.3 Å². The van der Waals surface area contributed by atoms with E-state index < -0.39 is 29.1 Å². The van der Waals surface area contributed by atoms with Crippen LogP contribution in [-0.4, -0.2) is 21.8 Å². The highest BCUT2D eigenvalue weighted by Crippen LogP contribution is 2.31. The lowest BCUT2D eigenvalue weighted by molar-refractivity contribution is -0.138. The fourth-order valence-corrected chi connectivity index (χ4v) is 1.90. The van der Waals surface area contributed by atoms with Crippen molar-refractivity contribution in [3.63, 3.8) is 0 Å². The number of hydrogen-bond acceptors (Lipinski definition) is 3. The van der Waals surface area contributed by atoms with Gasteiger partial charge in [-0.1, -0.05) is 23.2 Å². The molecule has 0 spiro atoms. The number of carbonyl (C=O) groups is 2. The third kappa shape index (κ3) is 3.40. The summed E-state index contributed by atoms with van der Waals surface area (Å²) in [5, 5.41) is 1.81. The second-order valence-electron chi connectivity index (χ2n) is 4.05. The zero-order valence-electron chi connectivity index (χ0n) is 10.5. The smallest absolute Gasteiger partial charge is 0.340 e. The van der Waals surface area contributed by atoms with Crippen LogP contribution in [0.5, 0.6) is 0 Å². The number of pyridine rings is 1. The molecule has 0 bridgehead atoms. The number of nitrogens with zero attached hydrogens (tertiary/aromatic N) is 1. The molecule has 116 valence electrons. The Balaban J connectivity index is 2.25. The van der Waals surface area contributed by atoms with Gasteiger partial charge in [0.15, 0.2) is 0 Å². The van der Waals surface area contributed by atoms with Crippen molar-refractivity contribution in [3.8, 4) is 0 Å². The lowest BCUT2D eigenvalue weighted by atomic mass is 10.1. The highest BCUT2D eigenvalue weighted by molar-refractivity contribution is 6.41. The lowest BCUT2D eigenvalue weighted by Crippen LogP contribution is -2.32. The first kappa shape index (κ1) is 16.3. The molecule has 2 heterocycles. The molecular formula is C12H6Cl2F3N3O2. The van der Waals surface area contributed by atoms with Gasteiger partial charge in [0.25, 0.3) is 11.8 Å². The third-order valence-electron chi connectivity index (χ3n) is 2.57. The van der Waals surface area contributed by atoms with Crippen molar-refractivity contribution in [1.29, 1.82) is 0 Å². The fourth-order valence-electron chi connectivity index (χ4n) is 1.59. The second-order valence-corrected chi connectivity index (χ2v) is 4.83. The quantitative estimate of drug-likeness (QED) is 0.815. The second kappa shape index (κ2) is 5.98. The number of H-pyrrole nitrogens is 1. The summed E-state index contributed by atoms with van der Waals surface area (Å²) in [6, 6.07) is 1.78. The van der Waals surface area contributed by atoms with Crippen molar-refractivity contribution in [3.05, 3.63) is 51.5 Å². The molecule has 2 amide bonds. The van der Waals surface area contributed by atoms with E-state index >= 15 is 0 Å². The van der Waals surface area contributed by atoms with E-state index in [9.17, 15) is 22.8 Å². The first-order valence-electron chi connectivity index (χ1n) is 5.61. The molecule has 0 saturated heterocycles. The Morgan fingerprint density at radius 1 is 1.23 bits per heavy atom. The Morgan fingerprint density at radius 3 is 2.45 bits per heavy atom. The van der Waals surface area contributed by atoms with Gasteiger partial charge in [-0.25, -0.2) is 0 Å². The molecule has 0 aromatic carbocycles. The number of alkyl halides is 3. The molecule has 10 heteroatoms. The van der Waals surface area contributed by atoms with Crippen LogP contribution in [0.1, 0.15) is 26.4 Å². The van der Waals surface area contributed by atoms with E-state index in [4.69, 9.17) is 23.2 Å². The van der Waals surface area contributed by atoms with Crippen LogP contribution >= 0.6 is 23.2 Å². The average Bonchev–Trinajstić information content (AvgIpc) is 2.78. The molecule has 0 fully saturated rings. The largest absolute Gasteiger partial charge is 0.417 e. The molecule has 0 aliphatic rings. The number of imide groups is 1. The molecule has 2 aromatic rings. The van der Waals surface area contributed by atoms with Crippen molar-refractivity contribution in [2.45, 2.75) is 6.18 Å². The Hall–Kier alpha value is -2.06. The number of nitrogens with one attached hydrogen (secondary N) is 2. The Bertz CT molecular complexity index is 724. The number of carbonyl (C=O) groups excluding carboxylic acids is 2. The van der Waals surface area contributed by atoms with E-state index in [1.54, 1.807) is 5.32 Å². The normalized spacial score (nSPS) is 11.3. The first-order valence-corrected chi connectivity index (χ1v) is 6.36. The molecule has 2 rings (SSSR count). The summed E-state index contributed by atoms with van der Waals surface area (Å²) in [7, 11) is 0. The number of aromatic nitrogens is 2. The summed E-state index contributed by atoms with van der Waals surface area (Å²) in [5.74, 6) is -2.22. The van der Waals surface area contributed by atoms with Gasteiger partial charge in [-0.05, 0) is 12.1 Å². The molecule has 0 aliphatic heterocycles. The molecule has 0 saturated carbocycles. The number of halogens is 5.